The van der Waals surface area contributed by atoms with Gasteiger partial charge in [0.05, 0.1) is 23.2 Å². The van der Waals surface area contributed by atoms with Crippen molar-refractivity contribution < 1.29 is 14.0 Å². The Morgan fingerprint density at radius 1 is 0.811 bits per heavy atom. The van der Waals surface area contributed by atoms with Gasteiger partial charge in [0, 0.05) is 20.8 Å². The zero-order valence-electron chi connectivity index (χ0n) is 18.9. The minimum Gasteiger partial charge on any atom is -0.289 e. The van der Waals surface area contributed by atoms with Crippen molar-refractivity contribution in [2.75, 3.05) is 4.90 Å². The normalized spacial score (nSPS) is 20.7. The first-order valence-corrected chi connectivity index (χ1v) is 13.8. The van der Waals surface area contributed by atoms with Gasteiger partial charge in [-0.25, -0.2) is 9.29 Å². The van der Waals surface area contributed by atoms with Gasteiger partial charge in [0.25, 0.3) is 0 Å². The number of nitrogens with zero attached hydrogens (tertiary/aromatic N) is 2. The van der Waals surface area contributed by atoms with Crippen LogP contribution in [-0.2, 0) is 16.1 Å². The number of aromatic nitrogens is 1. The first-order chi connectivity index (χ1) is 17.8. The van der Waals surface area contributed by atoms with Crippen molar-refractivity contribution in [1.82, 2.24) is 4.57 Å². The molecule has 2 aliphatic heterocycles. The fourth-order valence-electron chi connectivity index (χ4n) is 4.90. The van der Waals surface area contributed by atoms with E-state index >= 15 is 0 Å². The van der Waals surface area contributed by atoms with Crippen molar-refractivity contribution in [3.8, 4) is 0 Å². The van der Waals surface area contributed by atoms with Gasteiger partial charge >= 0.3 is 4.87 Å². The Kier molecular flexibility index (Phi) is 6.23. The lowest BCUT2D eigenvalue weighted by Crippen LogP contribution is -2.32. The smallest absolute Gasteiger partial charge is 0.289 e. The van der Waals surface area contributed by atoms with Gasteiger partial charge in [0.1, 0.15) is 11.1 Å². The van der Waals surface area contributed by atoms with E-state index in [1.807, 2.05) is 24.3 Å². The van der Waals surface area contributed by atoms with E-state index in [-0.39, 0.29) is 16.7 Å². The number of anilines is 1. The summed E-state index contributed by atoms with van der Waals surface area (Å²) in [6.45, 7) is 0.309. The molecule has 6 rings (SSSR count). The summed E-state index contributed by atoms with van der Waals surface area (Å²) in [5.41, 5.74) is 2.01. The molecule has 0 radical (unpaired) electrons. The second kappa shape index (κ2) is 9.44. The lowest BCUT2D eigenvalue weighted by Gasteiger charge is -2.30. The third-order valence-corrected chi connectivity index (χ3v) is 9.72. The first kappa shape index (κ1) is 24.4. The van der Waals surface area contributed by atoms with Crippen LogP contribution in [0.15, 0.2) is 82.6 Å². The van der Waals surface area contributed by atoms with Gasteiger partial charge in [-0.1, -0.05) is 70.6 Å². The maximum absolute atomic E-state index is 13.8. The molecule has 2 amide bonds. The third kappa shape index (κ3) is 4.22. The molecule has 1 saturated heterocycles. The lowest BCUT2D eigenvalue weighted by molar-refractivity contribution is -0.122. The molecule has 10 heteroatoms. The molecule has 1 aromatic heterocycles. The van der Waals surface area contributed by atoms with Crippen LogP contribution in [0, 0.1) is 11.7 Å². The van der Waals surface area contributed by atoms with Crippen LogP contribution in [0.2, 0.25) is 10.0 Å². The molecule has 3 heterocycles. The molecule has 0 saturated carbocycles. The van der Waals surface area contributed by atoms with Crippen LogP contribution in [-0.4, -0.2) is 21.6 Å². The first-order valence-electron chi connectivity index (χ1n) is 11.4. The summed E-state index contributed by atoms with van der Waals surface area (Å²) in [5.74, 6) is -2.44. The summed E-state index contributed by atoms with van der Waals surface area (Å²) in [5, 5.41) is 1.07. The topological polar surface area (TPSA) is 59.4 Å². The molecule has 37 heavy (non-hydrogen) atoms. The Balaban J connectivity index is 1.48. The van der Waals surface area contributed by atoms with Crippen molar-refractivity contribution in [1.29, 1.82) is 0 Å². The van der Waals surface area contributed by atoms with Crippen LogP contribution >= 0.6 is 46.3 Å². The Bertz CT molecular complexity index is 1580. The predicted octanol–water partition coefficient (Wildman–Crippen LogP) is 6.20. The third-order valence-electron chi connectivity index (χ3n) is 6.62. The molecule has 4 aromatic rings. The number of benzene rings is 3. The fraction of sp³-hybridized carbons (Fsp3) is 0.148. The highest BCUT2D eigenvalue weighted by atomic mass is 35.5. The van der Waals surface area contributed by atoms with Crippen LogP contribution < -0.4 is 9.77 Å². The second-order valence-electron chi connectivity index (χ2n) is 8.83. The van der Waals surface area contributed by atoms with Gasteiger partial charge in [-0.2, -0.15) is 0 Å². The van der Waals surface area contributed by atoms with E-state index in [1.54, 1.807) is 28.8 Å². The molecule has 1 fully saturated rings. The molecule has 2 aliphatic rings. The van der Waals surface area contributed by atoms with Crippen LogP contribution in [0.25, 0.3) is 0 Å². The number of halogens is 3. The van der Waals surface area contributed by atoms with E-state index in [4.69, 9.17) is 23.2 Å². The van der Waals surface area contributed by atoms with E-state index in [0.29, 0.717) is 27.3 Å². The Morgan fingerprint density at radius 2 is 1.43 bits per heavy atom. The van der Waals surface area contributed by atoms with Crippen molar-refractivity contribution in [3.63, 3.8) is 0 Å². The monoisotopic (exact) mass is 570 g/mol. The molecule has 186 valence electrons. The number of carbonyl (C=O) groups excluding carboxylic acids is 2. The number of rotatable bonds is 4. The number of carbonyl (C=O) groups is 2. The number of fused-ring (bicyclic) bond motifs is 2. The summed E-state index contributed by atoms with van der Waals surface area (Å²) in [6, 6.07) is 19.7. The highest BCUT2D eigenvalue weighted by molar-refractivity contribution is 8.00. The molecule has 3 atom stereocenters. The number of imide groups is 1. The zero-order valence-corrected chi connectivity index (χ0v) is 22.1. The van der Waals surface area contributed by atoms with E-state index in [0.717, 1.165) is 32.2 Å². The number of hydrogen-bond acceptors (Lipinski definition) is 5. The zero-order chi connectivity index (χ0) is 25.8. The highest BCUT2D eigenvalue weighted by Crippen LogP contribution is 2.54. The van der Waals surface area contributed by atoms with Crippen molar-refractivity contribution in [2.45, 2.75) is 22.7 Å². The highest BCUT2D eigenvalue weighted by Gasteiger charge is 2.56. The molecule has 0 bridgehead atoms. The average Bonchev–Trinajstić information content (AvgIpc) is 3.33. The van der Waals surface area contributed by atoms with Gasteiger partial charge in [-0.15, -0.1) is 0 Å². The van der Waals surface area contributed by atoms with E-state index in [9.17, 15) is 18.8 Å². The van der Waals surface area contributed by atoms with Gasteiger partial charge in [0.15, 0.2) is 0 Å². The van der Waals surface area contributed by atoms with Crippen molar-refractivity contribution >= 4 is 63.8 Å². The molecule has 0 N–H and O–H groups in total. The summed E-state index contributed by atoms with van der Waals surface area (Å²) >= 11 is 14.5. The standard InChI is InChI=1S/C27H17Cl2FN2O3S2/c28-16-5-1-14(2-6-16)13-31-26-23(37-27(31)35)20(15-3-7-17(29)8-4-15)21-22(36-26)25(34)32(24(21)33)19-11-9-18(30)10-12-19/h1-12,20-22H,13H2/t20-,21-,22-/m1/s1. The summed E-state index contributed by atoms with van der Waals surface area (Å²) in [6.07, 6.45) is 0. The number of thioether (sulfide) groups is 1. The molecule has 0 spiro atoms. The van der Waals surface area contributed by atoms with Gasteiger partial charge in [-0.05, 0) is 59.7 Å². The average molecular weight is 571 g/mol. The quantitative estimate of drug-likeness (QED) is 0.274. The van der Waals surface area contributed by atoms with Crippen LogP contribution in [0.3, 0.4) is 0 Å². The van der Waals surface area contributed by atoms with Crippen molar-refractivity contribution in [2.24, 2.45) is 5.92 Å². The predicted molar refractivity (Wildman–Crippen MR) is 144 cm³/mol. The van der Waals surface area contributed by atoms with E-state index in [1.165, 1.54) is 36.0 Å². The van der Waals surface area contributed by atoms with Gasteiger partial charge < -0.3 is 0 Å². The number of hydrogen-bond donors (Lipinski definition) is 0. The van der Waals surface area contributed by atoms with Gasteiger partial charge in [0.2, 0.25) is 11.8 Å². The minimum atomic E-state index is -0.740. The van der Waals surface area contributed by atoms with Crippen molar-refractivity contribution in [3.05, 3.63) is 114 Å². The Morgan fingerprint density at radius 3 is 2.08 bits per heavy atom. The lowest BCUT2D eigenvalue weighted by atomic mass is 9.83. The summed E-state index contributed by atoms with van der Waals surface area (Å²) < 4.78 is 15.2. The van der Waals surface area contributed by atoms with Gasteiger partial charge in [-0.3, -0.25) is 19.0 Å². The maximum Gasteiger partial charge on any atom is 0.308 e. The molecule has 0 unspecified atom stereocenters. The summed E-state index contributed by atoms with van der Waals surface area (Å²) in [7, 11) is 0. The van der Waals surface area contributed by atoms with E-state index < -0.39 is 22.9 Å². The van der Waals surface area contributed by atoms with Crippen LogP contribution in [0.4, 0.5) is 10.1 Å². The minimum absolute atomic E-state index is 0.165. The SMILES string of the molecule is O=C1[C@@H]2[C@@H](c3ccc(Cl)cc3)c3sc(=O)n(Cc4ccc(Cl)cc4)c3S[C@H]2C(=O)N1c1ccc(F)cc1. The Hall–Kier alpha value is -2.91. The molecular weight excluding hydrogens is 554 g/mol. The number of thiazole rings is 1. The fourth-order valence-corrected chi connectivity index (χ4v) is 7.93. The summed E-state index contributed by atoms with van der Waals surface area (Å²) in [4.78, 5) is 42.4. The van der Waals surface area contributed by atoms with E-state index in [2.05, 4.69) is 0 Å². The molecular formula is C27H17Cl2FN2O3S2. The Labute approximate surface area is 229 Å². The number of amides is 2. The van der Waals surface area contributed by atoms with Crippen LogP contribution in [0.1, 0.15) is 21.9 Å². The molecule has 3 aromatic carbocycles. The molecule has 0 aliphatic carbocycles. The second-order valence-corrected chi connectivity index (χ2v) is 11.8. The maximum atomic E-state index is 13.8. The largest absolute Gasteiger partial charge is 0.308 e. The van der Waals surface area contributed by atoms with Crippen LogP contribution in [0.5, 0.6) is 0 Å². The molecule has 5 nitrogen and oxygen atoms in total.